The van der Waals surface area contributed by atoms with Gasteiger partial charge in [0.1, 0.15) is 6.04 Å². The van der Waals surface area contributed by atoms with Gasteiger partial charge in [0.25, 0.3) is 5.91 Å². The molecule has 0 saturated carbocycles. The fourth-order valence-corrected chi connectivity index (χ4v) is 4.10. The van der Waals surface area contributed by atoms with E-state index >= 15 is 0 Å². The van der Waals surface area contributed by atoms with E-state index in [-0.39, 0.29) is 19.0 Å². The Morgan fingerprint density at radius 3 is 2.23 bits per heavy atom. The van der Waals surface area contributed by atoms with Gasteiger partial charge in [0, 0.05) is 40.5 Å². The number of anilines is 1. The highest BCUT2D eigenvalue weighted by atomic mass is 35.5. The van der Waals surface area contributed by atoms with Crippen LogP contribution in [0.15, 0.2) is 89.6 Å². The van der Waals surface area contributed by atoms with E-state index in [0.717, 1.165) is 21.2 Å². The number of carbonyl (C=O) groups excluding carboxylic acids is 2. The maximum atomic E-state index is 12.6. The first kappa shape index (κ1) is 30.5. The molecule has 1 aromatic heterocycles. The summed E-state index contributed by atoms with van der Waals surface area (Å²) in [6.07, 6.45) is 1.53. The molecular formula is C28H26Cl4N4O3. The van der Waals surface area contributed by atoms with Crippen LogP contribution in [0.5, 0.6) is 0 Å². The summed E-state index contributed by atoms with van der Waals surface area (Å²) in [7, 11) is 0. The van der Waals surface area contributed by atoms with Gasteiger partial charge in [0.05, 0.1) is 6.20 Å². The Bertz CT molecular complexity index is 1350. The number of nitrogens with one attached hydrogen (secondary N) is 1. The summed E-state index contributed by atoms with van der Waals surface area (Å²) in [5.74, 6) is -0.299. The first-order chi connectivity index (χ1) is 18.7. The largest absolute Gasteiger partial charge is 0.356 e. The van der Waals surface area contributed by atoms with Crippen molar-refractivity contribution < 1.29 is 14.1 Å². The molecule has 0 bridgehead atoms. The van der Waals surface area contributed by atoms with Crippen LogP contribution in [0.2, 0.25) is 10.0 Å². The van der Waals surface area contributed by atoms with Crippen LogP contribution in [0.4, 0.5) is 5.69 Å². The van der Waals surface area contributed by atoms with Gasteiger partial charge in [-0.3, -0.25) is 9.59 Å². The Morgan fingerprint density at radius 2 is 1.64 bits per heavy atom. The van der Waals surface area contributed by atoms with Crippen LogP contribution in [0, 0.1) is 6.92 Å². The van der Waals surface area contributed by atoms with Crippen LogP contribution < -0.4 is 16.0 Å². The Labute approximate surface area is 246 Å². The molecule has 3 aromatic carbocycles. The number of rotatable bonds is 8. The third kappa shape index (κ3) is 8.71. The Hall–Kier alpha value is -3.07. The van der Waals surface area contributed by atoms with Gasteiger partial charge in [-0.05, 0) is 42.3 Å². The molecule has 4 aromatic rings. The van der Waals surface area contributed by atoms with E-state index in [4.69, 9.17) is 56.7 Å². The van der Waals surface area contributed by atoms with Crippen LogP contribution in [0.25, 0.3) is 11.3 Å². The van der Waals surface area contributed by atoms with Gasteiger partial charge in [0.2, 0.25) is 5.91 Å². The number of amides is 2. The van der Waals surface area contributed by atoms with Crippen molar-refractivity contribution in [2.24, 2.45) is 5.73 Å². The zero-order valence-corrected chi connectivity index (χ0v) is 23.9. The number of hydrogen-bond acceptors (Lipinski definition) is 5. The normalized spacial score (nSPS) is 11.4. The van der Waals surface area contributed by atoms with E-state index < -0.39 is 16.8 Å². The molecule has 0 spiro atoms. The lowest BCUT2D eigenvalue weighted by Gasteiger charge is -2.24. The van der Waals surface area contributed by atoms with Crippen molar-refractivity contribution >= 4 is 63.9 Å². The number of benzene rings is 3. The van der Waals surface area contributed by atoms with Gasteiger partial charge in [-0.1, -0.05) is 100 Å². The molecule has 0 radical (unpaired) electrons. The smallest absolute Gasteiger partial charge is 0.260 e. The molecule has 1 unspecified atom stereocenters. The number of hydrogen-bond donors (Lipinski definition) is 2. The summed E-state index contributed by atoms with van der Waals surface area (Å²) < 4.78 is 5.17. The molecule has 0 aliphatic rings. The van der Waals surface area contributed by atoms with Gasteiger partial charge in [-0.2, -0.15) is 0 Å². The molecule has 204 valence electrons. The van der Waals surface area contributed by atoms with Gasteiger partial charge < -0.3 is 20.5 Å². The highest BCUT2D eigenvalue weighted by Gasteiger charge is 2.23. The van der Waals surface area contributed by atoms with Crippen molar-refractivity contribution in [3.05, 3.63) is 106 Å². The summed E-state index contributed by atoms with van der Waals surface area (Å²) in [6.45, 7) is 2.21. The predicted molar refractivity (Wildman–Crippen MR) is 157 cm³/mol. The highest BCUT2D eigenvalue weighted by Crippen LogP contribution is 2.26. The number of aromatic nitrogens is 1. The lowest BCUT2D eigenvalue weighted by Crippen LogP contribution is -2.43. The zero-order chi connectivity index (χ0) is 28.4. The van der Waals surface area contributed by atoms with E-state index in [2.05, 4.69) is 10.5 Å². The second-order valence-corrected chi connectivity index (χ2v) is 10.2. The standard InChI is InChI=1S/C21H20Cl2N4O3.C7H6Cl2/c22-19(23)21(29)27(16-8-4-7-15(13-16)17-9-10-26-30-17)12-11-25-20(28)18(24)14-5-2-1-3-6-14;1-5-6(8)3-2-4-7(5)9/h1-10,13,18-19H,11-12,24H2,(H,25,28);2-4H,1H3. The topological polar surface area (TPSA) is 101 Å². The molecule has 3 N–H and O–H groups in total. The molecule has 39 heavy (non-hydrogen) atoms. The molecule has 0 fully saturated rings. The average molecular weight is 608 g/mol. The first-order valence-electron chi connectivity index (χ1n) is 11.8. The van der Waals surface area contributed by atoms with Crippen molar-refractivity contribution in [1.82, 2.24) is 10.5 Å². The molecule has 0 aliphatic heterocycles. The highest BCUT2D eigenvalue weighted by molar-refractivity contribution is 6.54. The van der Waals surface area contributed by atoms with Crippen LogP contribution in [-0.4, -0.2) is 34.9 Å². The maximum Gasteiger partial charge on any atom is 0.260 e. The van der Waals surface area contributed by atoms with E-state index in [1.54, 1.807) is 36.4 Å². The summed E-state index contributed by atoms with van der Waals surface area (Å²) in [5.41, 5.74) is 8.93. The predicted octanol–water partition coefficient (Wildman–Crippen LogP) is 6.60. The molecular weight excluding hydrogens is 582 g/mol. The molecule has 1 atom stereocenters. The van der Waals surface area contributed by atoms with E-state index in [1.807, 2.05) is 49.4 Å². The number of halogens is 4. The minimum atomic E-state index is -1.25. The molecule has 7 nitrogen and oxygen atoms in total. The molecule has 4 rings (SSSR count). The van der Waals surface area contributed by atoms with Crippen LogP contribution in [0.3, 0.4) is 0 Å². The third-order valence-electron chi connectivity index (χ3n) is 5.61. The summed E-state index contributed by atoms with van der Waals surface area (Å²) in [5, 5.41) is 7.88. The van der Waals surface area contributed by atoms with Gasteiger partial charge >= 0.3 is 0 Å². The monoisotopic (exact) mass is 606 g/mol. The Morgan fingerprint density at radius 1 is 0.974 bits per heavy atom. The number of alkyl halides is 2. The lowest BCUT2D eigenvalue weighted by atomic mass is 10.1. The van der Waals surface area contributed by atoms with Crippen molar-refractivity contribution in [1.29, 1.82) is 0 Å². The van der Waals surface area contributed by atoms with E-state index in [1.165, 1.54) is 11.1 Å². The molecule has 11 heteroatoms. The van der Waals surface area contributed by atoms with Gasteiger partial charge in [0.15, 0.2) is 10.6 Å². The fourth-order valence-electron chi connectivity index (χ4n) is 3.47. The van der Waals surface area contributed by atoms with E-state index in [0.29, 0.717) is 17.0 Å². The number of carbonyl (C=O) groups is 2. The summed E-state index contributed by atoms with van der Waals surface area (Å²) in [6, 6.07) is 22.5. The van der Waals surface area contributed by atoms with Crippen molar-refractivity contribution in [3.8, 4) is 11.3 Å². The Kier molecular flexibility index (Phi) is 11.7. The minimum Gasteiger partial charge on any atom is -0.356 e. The molecule has 2 amide bonds. The SMILES string of the molecule is Cc1c(Cl)cccc1Cl.NC(C(=O)NCCN(C(=O)C(Cl)Cl)c1cccc(-c2ccno2)c1)c1ccccc1. The minimum absolute atomic E-state index is 0.155. The fraction of sp³-hybridized carbons (Fsp3) is 0.179. The second kappa shape index (κ2) is 14.9. The molecule has 1 heterocycles. The zero-order valence-electron chi connectivity index (χ0n) is 20.9. The number of nitrogens with two attached hydrogens (primary N) is 1. The van der Waals surface area contributed by atoms with Crippen LogP contribution >= 0.6 is 46.4 Å². The Balaban J connectivity index is 0.000000395. The lowest BCUT2D eigenvalue weighted by molar-refractivity contribution is -0.122. The van der Waals surface area contributed by atoms with E-state index in [9.17, 15) is 9.59 Å². The van der Waals surface area contributed by atoms with Crippen LogP contribution in [-0.2, 0) is 9.59 Å². The van der Waals surface area contributed by atoms with Crippen LogP contribution in [0.1, 0.15) is 17.2 Å². The molecule has 0 aliphatic carbocycles. The van der Waals surface area contributed by atoms with Crippen molar-refractivity contribution in [3.63, 3.8) is 0 Å². The average Bonchev–Trinajstić information content (AvgIpc) is 3.49. The maximum absolute atomic E-state index is 12.6. The van der Waals surface area contributed by atoms with Crippen molar-refractivity contribution in [2.75, 3.05) is 18.0 Å². The van der Waals surface area contributed by atoms with Gasteiger partial charge in [-0.15, -0.1) is 0 Å². The summed E-state index contributed by atoms with van der Waals surface area (Å²) >= 11 is 23.1. The molecule has 0 saturated heterocycles. The number of nitrogens with zero attached hydrogens (tertiary/aromatic N) is 2. The van der Waals surface area contributed by atoms with Gasteiger partial charge in [-0.25, -0.2) is 0 Å². The third-order valence-corrected chi connectivity index (χ3v) is 6.80. The first-order valence-corrected chi connectivity index (χ1v) is 13.4. The summed E-state index contributed by atoms with van der Waals surface area (Å²) in [4.78, 5) is 25.1. The quantitative estimate of drug-likeness (QED) is 0.220. The second-order valence-electron chi connectivity index (χ2n) is 8.24. The van der Waals surface area contributed by atoms with Crippen molar-refractivity contribution in [2.45, 2.75) is 17.8 Å².